The summed E-state index contributed by atoms with van der Waals surface area (Å²) in [7, 11) is 0. The van der Waals surface area contributed by atoms with Gasteiger partial charge in [-0.1, -0.05) is 23.7 Å². The molecule has 27 heavy (non-hydrogen) atoms. The van der Waals surface area contributed by atoms with E-state index in [0.717, 1.165) is 9.79 Å². The Morgan fingerprint density at radius 2 is 1.85 bits per heavy atom. The highest BCUT2D eigenvalue weighted by molar-refractivity contribution is 7.99. The number of benzene rings is 2. The molecule has 140 valence electrons. The van der Waals surface area contributed by atoms with E-state index < -0.39 is 11.9 Å². The van der Waals surface area contributed by atoms with E-state index in [2.05, 4.69) is 5.32 Å². The predicted molar refractivity (Wildman–Crippen MR) is 109 cm³/mol. The molecule has 0 fully saturated rings. The number of rotatable bonds is 9. The van der Waals surface area contributed by atoms with Gasteiger partial charge in [0.2, 0.25) is 0 Å². The van der Waals surface area contributed by atoms with Crippen LogP contribution < -0.4 is 5.32 Å². The molecule has 0 saturated carbocycles. The number of nitriles is 1. The number of halogens is 1. The van der Waals surface area contributed by atoms with Crippen molar-refractivity contribution in [2.45, 2.75) is 16.2 Å². The lowest BCUT2D eigenvalue weighted by Crippen LogP contribution is -2.21. The van der Waals surface area contributed by atoms with Crippen LogP contribution in [0.25, 0.3) is 0 Å². The Bertz CT molecular complexity index is 822. The zero-order valence-corrected chi connectivity index (χ0v) is 16.7. The van der Waals surface area contributed by atoms with Gasteiger partial charge in [0.25, 0.3) is 5.91 Å². The van der Waals surface area contributed by atoms with Crippen molar-refractivity contribution in [1.82, 2.24) is 0 Å². The summed E-state index contributed by atoms with van der Waals surface area (Å²) in [5, 5.41) is 12.0. The van der Waals surface area contributed by atoms with Gasteiger partial charge in [-0.25, -0.2) is 0 Å². The van der Waals surface area contributed by atoms with Gasteiger partial charge in [0.05, 0.1) is 23.9 Å². The summed E-state index contributed by atoms with van der Waals surface area (Å²) in [5.41, 5.74) is 0.595. The molecule has 2 rings (SSSR count). The first kappa shape index (κ1) is 21.2. The summed E-state index contributed by atoms with van der Waals surface area (Å²) >= 11 is 8.67. The Morgan fingerprint density at radius 3 is 2.59 bits per heavy atom. The number of para-hydroxylation sites is 1. The van der Waals surface area contributed by atoms with Gasteiger partial charge in [-0.2, -0.15) is 5.26 Å². The van der Waals surface area contributed by atoms with E-state index in [9.17, 15) is 9.59 Å². The van der Waals surface area contributed by atoms with Gasteiger partial charge < -0.3 is 10.1 Å². The molecule has 0 bridgehead atoms. The quantitative estimate of drug-likeness (QED) is 0.471. The molecule has 0 radical (unpaired) electrons. The van der Waals surface area contributed by atoms with Crippen LogP contribution in [0.5, 0.6) is 0 Å². The average Bonchev–Trinajstić information content (AvgIpc) is 2.67. The minimum Gasteiger partial charge on any atom is -0.456 e. The Labute approximate surface area is 171 Å². The van der Waals surface area contributed by atoms with Crippen LogP contribution in [0.2, 0.25) is 5.02 Å². The van der Waals surface area contributed by atoms with Gasteiger partial charge in [-0.05, 0) is 36.4 Å². The van der Waals surface area contributed by atoms with E-state index in [4.69, 9.17) is 21.6 Å². The number of esters is 1. The van der Waals surface area contributed by atoms with Crippen molar-refractivity contribution in [3.8, 4) is 6.07 Å². The van der Waals surface area contributed by atoms with Crippen LogP contribution in [-0.4, -0.2) is 30.0 Å². The van der Waals surface area contributed by atoms with Crippen molar-refractivity contribution in [1.29, 1.82) is 5.26 Å². The fourth-order valence-corrected chi connectivity index (χ4v) is 3.62. The van der Waals surface area contributed by atoms with Crippen LogP contribution in [0.1, 0.15) is 6.42 Å². The number of thioether (sulfide) groups is 2. The lowest BCUT2D eigenvalue weighted by Gasteiger charge is -2.10. The van der Waals surface area contributed by atoms with Crippen LogP contribution in [0.3, 0.4) is 0 Å². The Hall–Kier alpha value is -2.14. The van der Waals surface area contributed by atoms with Crippen molar-refractivity contribution in [2.24, 2.45) is 0 Å². The number of ether oxygens (including phenoxy) is 1. The summed E-state index contributed by atoms with van der Waals surface area (Å²) in [6.07, 6.45) is 0.204. The minimum absolute atomic E-state index is 0.204. The van der Waals surface area contributed by atoms with Crippen molar-refractivity contribution >= 4 is 52.7 Å². The van der Waals surface area contributed by atoms with Crippen molar-refractivity contribution in [2.75, 3.05) is 23.4 Å². The van der Waals surface area contributed by atoms with Gasteiger partial charge in [0.1, 0.15) is 0 Å². The SMILES string of the molecule is N#CCSc1ccccc1NC(=O)COC(=O)CCSc1ccc(Cl)cc1. The summed E-state index contributed by atoms with van der Waals surface area (Å²) in [4.78, 5) is 25.6. The number of amides is 1. The average molecular weight is 421 g/mol. The number of carbonyl (C=O) groups excluding carboxylic acids is 2. The summed E-state index contributed by atoms with van der Waals surface area (Å²) in [6.45, 7) is -0.346. The standard InChI is InChI=1S/C19H17ClN2O3S2/c20-14-5-7-15(8-6-14)26-11-9-19(24)25-13-18(23)22-16-3-1-2-4-17(16)27-12-10-21/h1-8H,9,11-13H2,(H,22,23). The molecule has 2 aromatic carbocycles. The molecule has 1 amide bonds. The van der Waals surface area contributed by atoms with Crippen LogP contribution >= 0.6 is 35.1 Å². The Balaban J connectivity index is 1.71. The van der Waals surface area contributed by atoms with E-state index >= 15 is 0 Å². The highest BCUT2D eigenvalue weighted by Crippen LogP contribution is 2.26. The zero-order valence-electron chi connectivity index (χ0n) is 14.3. The molecular formula is C19H17ClN2O3S2. The molecule has 2 aromatic rings. The third-order valence-electron chi connectivity index (χ3n) is 3.21. The van der Waals surface area contributed by atoms with Crippen LogP contribution in [0.4, 0.5) is 5.69 Å². The molecule has 0 spiro atoms. The first-order valence-corrected chi connectivity index (χ1v) is 10.4. The van der Waals surface area contributed by atoms with Crippen molar-refractivity contribution < 1.29 is 14.3 Å². The monoisotopic (exact) mass is 420 g/mol. The first-order valence-electron chi connectivity index (χ1n) is 8.01. The molecule has 0 aromatic heterocycles. The number of hydrogen-bond donors (Lipinski definition) is 1. The Kier molecular flexibility index (Phi) is 9.05. The fourth-order valence-electron chi connectivity index (χ4n) is 1.99. The maximum absolute atomic E-state index is 12.0. The number of anilines is 1. The van der Waals surface area contributed by atoms with Crippen LogP contribution in [-0.2, 0) is 14.3 Å². The molecule has 0 unspecified atom stereocenters. The van der Waals surface area contributed by atoms with Gasteiger partial charge >= 0.3 is 5.97 Å². The summed E-state index contributed by atoms with van der Waals surface area (Å²) in [6, 6.07) is 16.6. The molecule has 0 heterocycles. The molecule has 0 aliphatic carbocycles. The van der Waals surface area contributed by atoms with Crippen LogP contribution in [0, 0.1) is 11.3 Å². The van der Waals surface area contributed by atoms with Crippen molar-refractivity contribution in [3.63, 3.8) is 0 Å². The largest absolute Gasteiger partial charge is 0.456 e. The van der Waals surface area contributed by atoms with Crippen LogP contribution in [0.15, 0.2) is 58.3 Å². The van der Waals surface area contributed by atoms with E-state index in [-0.39, 0.29) is 18.8 Å². The molecule has 0 saturated heterocycles. The van der Waals surface area contributed by atoms with E-state index in [1.54, 1.807) is 24.3 Å². The van der Waals surface area contributed by atoms with Gasteiger partial charge in [-0.3, -0.25) is 9.59 Å². The summed E-state index contributed by atoms with van der Waals surface area (Å²) < 4.78 is 5.01. The lowest BCUT2D eigenvalue weighted by molar-refractivity contribution is -0.146. The van der Waals surface area contributed by atoms with E-state index in [0.29, 0.717) is 16.5 Å². The topological polar surface area (TPSA) is 79.2 Å². The predicted octanol–water partition coefficient (Wildman–Crippen LogP) is 4.62. The second-order valence-electron chi connectivity index (χ2n) is 5.20. The molecule has 0 atom stereocenters. The molecular weight excluding hydrogens is 404 g/mol. The number of hydrogen-bond acceptors (Lipinski definition) is 6. The highest BCUT2D eigenvalue weighted by Gasteiger charge is 2.10. The molecule has 5 nitrogen and oxygen atoms in total. The third kappa shape index (κ3) is 7.95. The maximum Gasteiger partial charge on any atom is 0.307 e. The second kappa shape index (κ2) is 11.5. The van der Waals surface area contributed by atoms with E-state index in [1.807, 2.05) is 30.3 Å². The van der Waals surface area contributed by atoms with Gasteiger partial charge in [0.15, 0.2) is 6.61 Å². The van der Waals surface area contributed by atoms with E-state index in [1.165, 1.54) is 23.5 Å². The van der Waals surface area contributed by atoms with Gasteiger partial charge in [0, 0.05) is 20.6 Å². The number of nitrogens with one attached hydrogen (secondary N) is 1. The normalized spacial score (nSPS) is 10.1. The Morgan fingerprint density at radius 1 is 1.11 bits per heavy atom. The number of nitrogens with zero attached hydrogens (tertiary/aromatic N) is 1. The lowest BCUT2D eigenvalue weighted by atomic mass is 10.3. The zero-order chi connectivity index (χ0) is 19.5. The molecule has 0 aliphatic rings. The number of carbonyl (C=O) groups is 2. The second-order valence-corrected chi connectivity index (χ2v) is 7.83. The summed E-state index contributed by atoms with van der Waals surface area (Å²) in [5.74, 6) is -0.0134. The first-order chi connectivity index (χ1) is 13.1. The maximum atomic E-state index is 12.0. The molecule has 8 heteroatoms. The third-order valence-corrected chi connectivity index (χ3v) is 5.41. The molecule has 1 N–H and O–H groups in total. The minimum atomic E-state index is -0.432. The molecule has 0 aliphatic heterocycles. The fraction of sp³-hybridized carbons (Fsp3) is 0.211. The highest BCUT2D eigenvalue weighted by atomic mass is 35.5. The van der Waals surface area contributed by atoms with Crippen molar-refractivity contribution in [3.05, 3.63) is 53.6 Å². The van der Waals surface area contributed by atoms with Gasteiger partial charge in [-0.15, -0.1) is 23.5 Å². The smallest absolute Gasteiger partial charge is 0.307 e.